The first-order chi connectivity index (χ1) is 8.52. The molecule has 0 atom stereocenters. The Balaban J connectivity index is 2.50. The normalized spacial score (nSPS) is 11.3. The van der Waals surface area contributed by atoms with Gasteiger partial charge < -0.3 is 9.47 Å². The van der Waals surface area contributed by atoms with Crippen LogP contribution in [-0.2, 0) is 11.3 Å². The molecule has 0 radical (unpaired) electrons. The summed E-state index contributed by atoms with van der Waals surface area (Å²) in [5.41, 5.74) is 1.22. The summed E-state index contributed by atoms with van der Waals surface area (Å²) in [6, 6.07) is 6.03. The standard InChI is InChI=1S/C14H22BrNO2/c1-11(2)18-8-7-16(3)10-12-9-13(17-4)5-6-14(12)15/h5-6,9,11H,7-8,10H2,1-4H3. The van der Waals surface area contributed by atoms with Crippen LogP contribution in [0.25, 0.3) is 0 Å². The van der Waals surface area contributed by atoms with Gasteiger partial charge in [-0.3, -0.25) is 4.90 Å². The maximum atomic E-state index is 5.55. The molecule has 1 rings (SSSR count). The molecule has 4 heteroatoms. The van der Waals surface area contributed by atoms with E-state index in [2.05, 4.69) is 47.8 Å². The molecule has 1 aromatic carbocycles. The van der Waals surface area contributed by atoms with Crippen LogP contribution >= 0.6 is 15.9 Å². The fourth-order valence-corrected chi connectivity index (χ4v) is 1.99. The molecule has 0 aliphatic carbocycles. The smallest absolute Gasteiger partial charge is 0.119 e. The zero-order valence-electron chi connectivity index (χ0n) is 11.6. The third-order valence-corrected chi connectivity index (χ3v) is 3.39. The van der Waals surface area contributed by atoms with Crippen LogP contribution in [0.1, 0.15) is 19.4 Å². The molecule has 0 unspecified atom stereocenters. The molecule has 0 amide bonds. The van der Waals surface area contributed by atoms with Crippen molar-refractivity contribution in [3.63, 3.8) is 0 Å². The number of ether oxygens (including phenoxy) is 2. The molecule has 0 spiro atoms. The summed E-state index contributed by atoms with van der Waals surface area (Å²) < 4.78 is 11.9. The monoisotopic (exact) mass is 315 g/mol. The third kappa shape index (κ3) is 5.38. The number of rotatable bonds is 7. The van der Waals surface area contributed by atoms with E-state index in [1.807, 2.05) is 12.1 Å². The average Bonchev–Trinajstić information content (AvgIpc) is 2.31. The number of nitrogens with zero attached hydrogens (tertiary/aromatic N) is 1. The second kappa shape index (κ2) is 7.77. The molecule has 0 aliphatic heterocycles. The van der Waals surface area contributed by atoms with Gasteiger partial charge in [0.25, 0.3) is 0 Å². The van der Waals surface area contributed by atoms with E-state index in [1.165, 1.54) is 5.56 Å². The Bertz CT molecular complexity index is 369. The molecule has 18 heavy (non-hydrogen) atoms. The number of hydrogen-bond donors (Lipinski definition) is 0. The van der Waals surface area contributed by atoms with Gasteiger partial charge in [0.15, 0.2) is 0 Å². The number of likely N-dealkylation sites (N-methyl/N-ethyl adjacent to an activating group) is 1. The van der Waals surface area contributed by atoms with Gasteiger partial charge in [-0.25, -0.2) is 0 Å². The molecule has 0 bridgehead atoms. The van der Waals surface area contributed by atoms with Crippen LogP contribution in [0.2, 0.25) is 0 Å². The zero-order valence-corrected chi connectivity index (χ0v) is 13.2. The van der Waals surface area contributed by atoms with Gasteiger partial charge in [0, 0.05) is 17.6 Å². The van der Waals surface area contributed by atoms with Crippen molar-refractivity contribution in [3.8, 4) is 5.75 Å². The summed E-state index contributed by atoms with van der Waals surface area (Å²) in [7, 11) is 3.78. The van der Waals surface area contributed by atoms with Crippen molar-refractivity contribution in [2.24, 2.45) is 0 Å². The zero-order chi connectivity index (χ0) is 13.5. The fourth-order valence-electron chi connectivity index (χ4n) is 1.61. The van der Waals surface area contributed by atoms with E-state index >= 15 is 0 Å². The Hall–Kier alpha value is -0.580. The molecule has 0 aliphatic rings. The molecule has 0 heterocycles. The summed E-state index contributed by atoms with van der Waals surface area (Å²) in [5.74, 6) is 0.889. The molecule has 0 fully saturated rings. The van der Waals surface area contributed by atoms with Crippen molar-refractivity contribution in [2.45, 2.75) is 26.5 Å². The van der Waals surface area contributed by atoms with Crippen molar-refractivity contribution < 1.29 is 9.47 Å². The molecule has 0 saturated heterocycles. The summed E-state index contributed by atoms with van der Waals surface area (Å²) in [6.45, 7) is 6.66. The van der Waals surface area contributed by atoms with Crippen molar-refractivity contribution in [1.82, 2.24) is 4.90 Å². The molecule has 0 aromatic heterocycles. The van der Waals surface area contributed by atoms with Crippen LogP contribution in [0.4, 0.5) is 0 Å². The molecule has 102 valence electrons. The number of methoxy groups -OCH3 is 1. The maximum absolute atomic E-state index is 5.55. The van der Waals surface area contributed by atoms with E-state index in [9.17, 15) is 0 Å². The summed E-state index contributed by atoms with van der Waals surface area (Å²) in [6.07, 6.45) is 0.293. The maximum Gasteiger partial charge on any atom is 0.119 e. The fraction of sp³-hybridized carbons (Fsp3) is 0.571. The summed E-state index contributed by atoms with van der Waals surface area (Å²) >= 11 is 3.57. The van der Waals surface area contributed by atoms with Crippen LogP contribution in [-0.4, -0.2) is 38.3 Å². The van der Waals surface area contributed by atoms with Gasteiger partial charge in [-0.2, -0.15) is 0 Å². The van der Waals surface area contributed by atoms with Gasteiger partial charge >= 0.3 is 0 Å². The van der Waals surface area contributed by atoms with Crippen LogP contribution in [0, 0.1) is 0 Å². The van der Waals surface area contributed by atoms with Crippen LogP contribution in [0.3, 0.4) is 0 Å². The van der Waals surface area contributed by atoms with Crippen LogP contribution < -0.4 is 4.74 Å². The minimum Gasteiger partial charge on any atom is -0.497 e. The Morgan fingerprint density at radius 1 is 1.33 bits per heavy atom. The quantitative estimate of drug-likeness (QED) is 0.770. The molecular formula is C14H22BrNO2. The first-order valence-electron chi connectivity index (χ1n) is 6.15. The highest BCUT2D eigenvalue weighted by Gasteiger charge is 2.06. The highest BCUT2D eigenvalue weighted by atomic mass is 79.9. The molecule has 1 aromatic rings. The third-order valence-electron chi connectivity index (χ3n) is 2.62. The van der Waals surface area contributed by atoms with E-state index in [4.69, 9.17) is 9.47 Å². The number of halogens is 1. The lowest BCUT2D eigenvalue weighted by Crippen LogP contribution is -2.24. The highest BCUT2D eigenvalue weighted by molar-refractivity contribution is 9.10. The molecule has 0 saturated carbocycles. The largest absolute Gasteiger partial charge is 0.497 e. The molecular weight excluding hydrogens is 294 g/mol. The highest BCUT2D eigenvalue weighted by Crippen LogP contribution is 2.23. The van der Waals surface area contributed by atoms with Crippen molar-refractivity contribution >= 4 is 15.9 Å². The van der Waals surface area contributed by atoms with Gasteiger partial charge in [-0.05, 0) is 44.7 Å². The van der Waals surface area contributed by atoms with E-state index in [1.54, 1.807) is 7.11 Å². The van der Waals surface area contributed by atoms with E-state index in [0.717, 1.165) is 29.9 Å². The minimum atomic E-state index is 0.293. The molecule has 3 nitrogen and oxygen atoms in total. The lowest BCUT2D eigenvalue weighted by Gasteiger charge is -2.18. The van der Waals surface area contributed by atoms with E-state index in [0.29, 0.717) is 6.10 Å². The van der Waals surface area contributed by atoms with Crippen molar-refractivity contribution in [2.75, 3.05) is 27.3 Å². The van der Waals surface area contributed by atoms with Crippen LogP contribution in [0.5, 0.6) is 5.75 Å². The van der Waals surface area contributed by atoms with Gasteiger partial charge in [0.05, 0.1) is 19.8 Å². The Kier molecular flexibility index (Phi) is 6.68. The van der Waals surface area contributed by atoms with Gasteiger partial charge in [-0.1, -0.05) is 15.9 Å². The van der Waals surface area contributed by atoms with Gasteiger partial charge in [0.2, 0.25) is 0 Å². The van der Waals surface area contributed by atoms with Crippen molar-refractivity contribution in [3.05, 3.63) is 28.2 Å². The summed E-state index contributed by atoms with van der Waals surface area (Å²) in [5, 5.41) is 0. The van der Waals surface area contributed by atoms with Gasteiger partial charge in [0.1, 0.15) is 5.75 Å². The first kappa shape index (κ1) is 15.5. The minimum absolute atomic E-state index is 0.293. The lowest BCUT2D eigenvalue weighted by atomic mass is 10.2. The van der Waals surface area contributed by atoms with E-state index in [-0.39, 0.29) is 0 Å². The number of hydrogen-bond acceptors (Lipinski definition) is 3. The predicted molar refractivity (Wildman–Crippen MR) is 78.1 cm³/mol. The molecule has 0 N–H and O–H groups in total. The second-order valence-electron chi connectivity index (χ2n) is 4.61. The Morgan fingerprint density at radius 3 is 2.67 bits per heavy atom. The Morgan fingerprint density at radius 2 is 2.06 bits per heavy atom. The lowest BCUT2D eigenvalue weighted by molar-refractivity contribution is 0.0627. The van der Waals surface area contributed by atoms with Crippen molar-refractivity contribution in [1.29, 1.82) is 0 Å². The van der Waals surface area contributed by atoms with Gasteiger partial charge in [-0.15, -0.1) is 0 Å². The Labute approximate surface area is 118 Å². The summed E-state index contributed by atoms with van der Waals surface area (Å²) in [4.78, 5) is 2.24. The first-order valence-corrected chi connectivity index (χ1v) is 6.94. The predicted octanol–water partition coefficient (Wildman–Crippen LogP) is 3.31. The number of benzene rings is 1. The van der Waals surface area contributed by atoms with E-state index < -0.39 is 0 Å². The topological polar surface area (TPSA) is 21.7 Å². The SMILES string of the molecule is COc1ccc(Br)c(CN(C)CCOC(C)C)c1. The average molecular weight is 316 g/mol. The second-order valence-corrected chi connectivity index (χ2v) is 5.47. The van der Waals surface area contributed by atoms with Crippen LogP contribution in [0.15, 0.2) is 22.7 Å².